The summed E-state index contributed by atoms with van der Waals surface area (Å²) < 4.78 is 0. The Balaban J connectivity index is 1.58. The number of nitrogens with two attached hydrogens (primary N) is 1. The van der Waals surface area contributed by atoms with Gasteiger partial charge in [0.2, 0.25) is 0 Å². The molecule has 2 aromatic carbocycles. The molecule has 5 nitrogen and oxygen atoms in total. The number of thiocarbonyl (C=S) groups is 1. The van der Waals surface area contributed by atoms with Gasteiger partial charge in [0.15, 0.2) is 5.11 Å². The highest BCUT2D eigenvalue weighted by Gasteiger charge is 2.19. The minimum atomic E-state index is 0.122. The van der Waals surface area contributed by atoms with E-state index in [0.717, 1.165) is 49.5 Å². The second-order valence-corrected chi connectivity index (χ2v) is 8.13. The van der Waals surface area contributed by atoms with Gasteiger partial charge in [-0.3, -0.25) is 10.3 Å². The summed E-state index contributed by atoms with van der Waals surface area (Å²) in [7, 11) is 0. The van der Waals surface area contributed by atoms with Gasteiger partial charge in [-0.1, -0.05) is 46.9 Å². The Morgan fingerprint density at radius 3 is 2.46 bits per heavy atom. The Bertz CT molecular complexity index is 882. The molecule has 0 unspecified atom stereocenters. The number of piperazine rings is 1. The topological polar surface area (TPSA) is 56.9 Å². The average Bonchev–Trinajstić information content (AvgIpc) is 2.65. The van der Waals surface area contributed by atoms with Crippen molar-refractivity contribution in [2.45, 2.75) is 6.54 Å². The molecular weight excluding hydrogens is 437 g/mol. The van der Waals surface area contributed by atoms with Crippen molar-refractivity contribution in [3.05, 3.63) is 62.6 Å². The molecule has 1 saturated heterocycles. The van der Waals surface area contributed by atoms with Crippen LogP contribution in [0.1, 0.15) is 11.1 Å². The van der Waals surface area contributed by atoms with Crippen molar-refractivity contribution < 1.29 is 0 Å². The number of anilines is 1. The standard InChI is InChI=1S/C19H20Cl3N5S/c20-15-3-2-14(16(21)10-15)12-26-5-7-27(8-6-26)18-4-1-13(9-17(18)22)11-24-25-19(23)28/h1-4,9-11H,5-8,12H2,(H3,23,25,28)/b24-11+. The third-order valence-electron chi connectivity index (χ3n) is 4.48. The number of nitrogens with zero attached hydrogens (tertiary/aromatic N) is 3. The maximum atomic E-state index is 6.49. The Morgan fingerprint density at radius 1 is 1.07 bits per heavy atom. The van der Waals surface area contributed by atoms with Gasteiger partial charge >= 0.3 is 0 Å². The minimum Gasteiger partial charge on any atom is -0.375 e. The first-order valence-corrected chi connectivity index (χ1v) is 10.3. The zero-order valence-corrected chi connectivity index (χ0v) is 18.1. The van der Waals surface area contributed by atoms with E-state index >= 15 is 0 Å². The van der Waals surface area contributed by atoms with Crippen LogP contribution >= 0.6 is 47.0 Å². The number of hydrazone groups is 1. The van der Waals surface area contributed by atoms with E-state index in [1.54, 1.807) is 12.3 Å². The van der Waals surface area contributed by atoms with Gasteiger partial charge in [0.05, 0.1) is 16.9 Å². The normalized spacial score (nSPS) is 15.2. The second-order valence-electron chi connectivity index (χ2n) is 6.44. The summed E-state index contributed by atoms with van der Waals surface area (Å²) in [6, 6.07) is 11.5. The van der Waals surface area contributed by atoms with Gasteiger partial charge in [0, 0.05) is 42.8 Å². The van der Waals surface area contributed by atoms with Crippen molar-refractivity contribution in [3.63, 3.8) is 0 Å². The fourth-order valence-corrected chi connectivity index (χ4v) is 3.90. The van der Waals surface area contributed by atoms with Gasteiger partial charge in [0.25, 0.3) is 0 Å². The van der Waals surface area contributed by atoms with Crippen molar-refractivity contribution in [2.75, 3.05) is 31.1 Å². The Hall–Kier alpha value is -1.57. The molecule has 0 amide bonds. The van der Waals surface area contributed by atoms with Crippen molar-refractivity contribution in [3.8, 4) is 0 Å². The van der Waals surface area contributed by atoms with Crippen LogP contribution in [0, 0.1) is 0 Å². The van der Waals surface area contributed by atoms with Crippen LogP contribution in [0.15, 0.2) is 41.5 Å². The molecule has 1 aliphatic heterocycles. The molecule has 0 saturated carbocycles. The first kappa shape index (κ1) is 21.1. The number of hydrogen-bond acceptors (Lipinski definition) is 4. The number of nitrogens with one attached hydrogen (secondary N) is 1. The van der Waals surface area contributed by atoms with Crippen LogP contribution in [0.2, 0.25) is 15.1 Å². The smallest absolute Gasteiger partial charge is 0.184 e. The molecule has 1 heterocycles. The third kappa shape index (κ3) is 5.72. The third-order valence-corrected chi connectivity index (χ3v) is 5.46. The van der Waals surface area contributed by atoms with Crippen LogP contribution in [-0.2, 0) is 6.54 Å². The van der Waals surface area contributed by atoms with Gasteiger partial charge in [0.1, 0.15) is 0 Å². The molecule has 148 valence electrons. The highest BCUT2D eigenvalue weighted by Crippen LogP contribution is 2.28. The fourth-order valence-electron chi connectivity index (χ4n) is 3.07. The molecular formula is C19H20Cl3N5S. The minimum absolute atomic E-state index is 0.122. The Kier molecular flexibility index (Phi) is 7.37. The predicted octanol–water partition coefficient (Wildman–Crippen LogP) is 4.14. The maximum absolute atomic E-state index is 6.49. The van der Waals surface area contributed by atoms with E-state index in [9.17, 15) is 0 Å². The molecule has 1 fully saturated rings. The monoisotopic (exact) mass is 455 g/mol. The lowest BCUT2D eigenvalue weighted by atomic mass is 10.1. The highest BCUT2D eigenvalue weighted by molar-refractivity contribution is 7.80. The molecule has 0 spiro atoms. The first-order valence-electron chi connectivity index (χ1n) is 8.71. The average molecular weight is 457 g/mol. The van der Waals surface area contributed by atoms with Crippen molar-refractivity contribution in [1.82, 2.24) is 10.3 Å². The summed E-state index contributed by atoms with van der Waals surface area (Å²) in [5, 5.41) is 6.12. The van der Waals surface area contributed by atoms with Crippen molar-refractivity contribution in [1.29, 1.82) is 0 Å². The van der Waals surface area contributed by atoms with E-state index in [1.165, 1.54) is 0 Å². The number of hydrogen-bond donors (Lipinski definition) is 2. The van der Waals surface area contributed by atoms with Gasteiger partial charge in [-0.2, -0.15) is 5.10 Å². The highest BCUT2D eigenvalue weighted by atomic mass is 35.5. The molecule has 3 N–H and O–H groups in total. The van der Waals surface area contributed by atoms with E-state index in [4.69, 9.17) is 52.8 Å². The summed E-state index contributed by atoms with van der Waals surface area (Å²) >= 11 is 23.5. The van der Waals surface area contributed by atoms with Crippen molar-refractivity contribution >= 4 is 64.0 Å². The van der Waals surface area contributed by atoms with Crippen LogP contribution in [0.4, 0.5) is 5.69 Å². The van der Waals surface area contributed by atoms with Crippen LogP contribution < -0.4 is 16.1 Å². The molecule has 28 heavy (non-hydrogen) atoms. The lowest BCUT2D eigenvalue weighted by molar-refractivity contribution is 0.250. The van der Waals surface area contributed by atoms with Crippen LogP contribution in [0.5, 0.6) is 0 Å². The first-order chi connectivity index (χ1) is 13.4. The lowest BCUT2D eigenvalue weighted by Crippen LogP contribution is -2.46. The van der Waals surface area contributed by atoms with Gasteiger partial charge < -0.3 is 10.6 Å². The number of rotatable bonds is 5. The molecule has 3 rings (SSSR count). The number of halogens is 3. The molecule has 0 aromatic heterocycles. The Morgan fingerprint density at radius 2 is 1.82 bits per heavy atom. The molecule has 0 radical (unpaired) electrons. The van der Waals surface area contributed by atoms with Crippen molar-refractivity contribution in [2.24, 2.45) is 10.8 Å². The van der Waals surface area contributed by atoms with E-state index in [1.807, 2.05) is 30.3 Å². The van der Waals surface area contributed by atoms with Gasteiger partial charge in [-0.05, 0) is 47.6 Å². The van der Waals surface area contributed by atoms with E-state index in [0.29, 0.717) is 15.1 Å². The summed E-state index contributed by atoms with van der Waals surface area (Å²) in [6.45, 7) is 4.44. The lowest BCUT2D eigenvalue weighted by Gasteiger charge is -2.36. The molecule has 2 aromatic rings. The SMILES string of the molecule is NC(=S)N/N=C/c1ccc(N2CCN(Cc3ccc(Cl)cc3Cl)CC2)c(Cl)c1. The molecule has 0 aliphatic carbocycles. The molecule has 9 heteroatoms. The second kappa shape index (κ2) is 9.76. The van der Waals surface area contributed by atoms with E-state index < -0.39 is 0 Å². The molecule has 1 aliphatic rings. The van der Waals surface area contributed by atoms with Crippen LogP contribution in [0.3, 0.4) is 0 Å². The summed E-state index contributed by atoms with van der Waals surface area (Å²) in [4.78, 5) is 4.67. The zero-order chi connectivity index (χ0) is 20.1. The van der Waals surface area contributed by atoms with Crippen LogP contribution in [0.25, 0.3) is 0 Å². The fraction of sp³-hybridized carbons (Fsp3) is 0.263. The summed E-state index contributed by atoms with van der Waals surface area (Å²) in [6.07, 6.45) is 1.63. The molecule has 0 bridgehead atoms. The quantitative estimate of drug-likeness (QED) is 0.402. The Labute approximate surface area is 185 Å². The van der Waals surface area contributed by atoms with Gasteiger partial charge in [-0.25, -0.2) is 0 Å². The summed E-state index contributed by atoms with van der Waals surface area (Å²) in [5.74, 6) is 0. The zero-order valence-electron chi connectivity index (χ0n) is 15.0. The predicted molar refractivity (Wildman–Crippen MR) is 123 cm³/mol. The van der Waals surface area contributed by atoms with E-state index in [-0.39, 0.29) is 5.11 Å². The van der Waals surface area contributed by atoms with Crippen LogP contribution in [-0.4, -0.2) is 42.4 Å². The summed E-state index contributed by atoms with van der Waals surface area (Å²) in [5.41, 5.74) is 10.8. The van der Waals surface area contributed by atoms with Gasteiger partial charge in [-0.15, -0.1) is 0 Å². The maximum Gasteiger partial charge on any atom is 0.184 e. The number of benzene rings is 2. The van der Waals surface area contributed by atoms with E-state index in [2.05, 4.69) is 20.3 Å². The largest absolute Gasteiger partial charge is 0.375 e. The molecule has 0 atom stereocenters.